The summed E-state index contributed by atoms with van der Waals surface area (Å²) in [4.78, 5) is 0. The highest BCUT2D eigenvalue weighted by molar-refractivity contribution is 5.74. The van der Waals surface area contributed by atoms with E-state index < -0.39 is 52.3 Å². The molecule has 1 aliphatic carbocycles. The molecule has 0 heterocycles. The van der Waals surface area contributed by atoms with Gasteiger partial charge < -0.3 is 4.74 Å². The second kappa shape index (κ2) is 11.7. The predicted octanol–water partition coefficient (Wildman–Crippen LogP) is 10.8. The topological polar surface area (TPSA) is 9.23 Å². The Morgan fingerprint density at radius 2 is 1.09 bits per heavy atom. The molecule has 0 radical (unpaired) electrons. The maximum Gasteiger partial charge on any atom is 0.432 e. The van der Waals surface area contributed by atoms with Gasteiger partial charge in [0.2, 0.25) is 0 Å². The highest BCUT2D eigenvalue weighted by Gasteiger charge is 2.41. The Bertz CT molecular complexity index is 1870. The number of halogens is 8. The number of hydrogen-bond acceptors (Lipinski definition) is 1. The van der Waals surface area contributed by atoms with Gasteiger partial charge in [-0.25, -0.2) is 26.3 Å². The van der Waals surface area contributed by atoms with Crippen LogP contribution in [-0.4, -0.2) is 0 Å². The fourth-order valence-electron chi connectivity index (χ4n) is 5.76. The number of fused-ring (bicyclic) bond motifs is 1. The minimum Gasteiger partial charge on any atom is -0.429 e. The van der Waals surface area contributed by atoms with Crippen LogP contribution in [0.5, 0.6) is 5.75 Å². The lowest BCUT2D eigenvalue weighted by molar-refractivity contribution is -0.189. The molecule has 1 atom stereocenters. The van der Waals surface area contributed by atoms with Gasteiger partial charge in [-0.3, -0.25) is 0 Å². The van der Waals surface area contributed by atoms with Crippen molar-refractivity contribution in [3.63, 3.8) is 0 Å². The molecule has 0 aromatic heterocycles. The van der Waals surface area contributed by atoms with Crippen molar-refractivity contribution < 1.29 is 39.9 Å². The predicted molar refractivity (Wildman–Crippen MR) is 155 cm³/mol. The molecule has 0 aliphatic heterocycles. The van der Waals surface area contributed by atoms with E-state index in [9.17, 15) is 30.7 Å². The van der Waals surface area contributed by atoms with Crippen LogP contribution >= 0.6 is 0 Å². The molecular weight excluding hydrogens is 600 g/mol. The molecule has 9 heteroatoms. The van der Waals surface area contributed by atoms with Gasteiger partial charge in [-0.15, -0.1) is 0 Å². The highest BCUT2D eigenvalue weighted by atomic mass is 19.3. The molecule has 45 heavy (non-hydrogen) atoms. The molecule has 6 rings (SSSR count). The van der Waals surface area contributed by atoms with Gasteiger partial charge in [-0.2, -0.15) is 8.78 Å². The van der Waals surface area contributed by atoms with Crippen LogP contribution < -0.4 is 4.74 Å². The first kappa shape index (κ1) is 30.4. The molecule has 5 aromatic carbocycles. The van der Waals surface area contributed by atoms with E-state index in [0.717, 1.165) is 30.4 Å². The first-order valence-electron chi connectivity index (χ1n) is 14.2. The summed E-state index contributed by atoms with van der Waals surface area (Å²) in [6, 6.07) is 19.2. The summed E-state index contributed by atoms with van der Waals surface area (Å²) in [6.07, 6.45) is -1.46. The van der Waals surface area contributed by atoms with E-state index in [0.29, 0.717) is 29.2 Å². The van der Waals surface area contributed by atoms with Gasteiger partial charge in [-0.1, -0.05) is 67.9 Å². The van der Waals surface area contributed by atoms with Gasteiger partial charge in [0, 0.05) is 17.7 Å². The molecule has 0 amide bonds. The maximum absolute atomic E-state index is 15.2. The second-order valence-electron chi connectivity index (χ2n) is 11.1. The standard InChI is InChI=1S/C36H24F8O/c1-2-19-11-22-7-8-23(13-25(22)12-19)20-3-5-21(6-4-20)24-9-10-28(29(37)14-24)26-15-30(38)34(31(39)16-26)36(43,44)45-27-17-32(40)35(42)33(41)18-27/h3-10,13-19H,2,11-12H2,1H3. The molecule has 1 nitrogen and oxygen atoms in total. The third-order valence-electron chi connectivity index (χ3n) is 8.17. The summed E-state index contributed by atoms with van der Waals surface area (Å²) >= 11 is 0. The van der Waals surface area contributed by atoms with Gasteiger partial charge in [0.25, 0.3) is 0 Å². The monoisotopic (exact) mass is 624 g/mol. The zero-order chi connectivity index (χ0) is 32.0. The third-order valence-corrected chi connectivity index (χ3v) is 8.17. The van der Waals surface area contributed by atoms with E-state index in [2.05, 4.69) is 29.9 Å². The normalized spacial score (nSPS) is 14.5. The van der Waals surface area contributed by atoms with Crippen molar-refractivity contribution in [2.75, 3.05) is 0 Å². The molecule has 0 N–H and O–H groups in total. The lowest BCUT2D eigenvalue weighted by Crippen LogP contribution is -2.25. The summed E-state index contributed by atoms with van der Waals surface area (Å²) in [5, 5.41) is 0. The van der Waals surface area contributed by atoms with Gasteiger partial charge in [0.15, 0.2) is 17.5 Å². The van der Waals surface area contributed by atoms with Crippen LogP contribution in [0.2, 0.25) is 0 Å². The Labute approximate surface area is 253 Å². The van der Waals surface area contributed by atoms with Crippen LogP contribution in [0.3, 0.4) is 0 Å². The van der Waals surface area contributed by atoms with E-state index in [4.69, 9.17) is 0 Å². The van der Waals surface area contributed by atoms with Gasteiger partial charge in [-0.05, 0) is 75.9 Å². The van der Waals surface area contributed by atoms with Gasteiger partial charge in [0.1, 0.15) is 28.8 Å². The molecule has 0 saturated carbocycles. The van der Waals surface area contributed by atoms with Gasteiger partial charge >= 0.3 is 6.11 Å². The lowest BCUT2D eigenvalue weighted by atomic mass is 9.96. The van der Waals surface area contributed by atoms with Crippen LogP contribution in [-0.2, 0) is 19.0 Å². The van der Waals surface area contributed by atoms with E-state index >= 15 is 4.39 Å². The number of alkyl halides is 2. The maximum atomic E-state index is 15.2. The number of hydrogen-bond donors (Lipinski definition) is 0. The molecule has 230 valence electrons. The smallest absolute Gasteiger partial charge is 0.429 e. The lowest BCUT2D eigenvalue weighted by Gasteiger charge is -2.20. The van der Waals surface area contributed by atoms with Crippen molar-refractivity contribution in [3.8, 4) is 39.1 Å². The summed E-state index contributed by atoms with van der Waals surface area (Å²) in [5.74, 6) is -10.6. The van der Waals surface area contributed by atoms with Crippen molar-refractivity contribution in [1.29, 1.82) is 0 Å². The quantitative estimate of drug-likeness (QED) is 0.129. The molecule has 0 spiro atoms. The fourth-order valence-corrected chi connectivity index (χ4v) is 5.76. The Morgan fingerprint density at radius 3 is 1.67 bits per heavy atom. The number of benzene rings is 5. The van der Waals surface area contributed by atoms with Crippen LogP contribution in [0.15, 0.2) is 84.9 Å². The molecule has 0 fully saturated rings. The second-order valence-corrected chi connectivity index (χ2v) is 11.1. The Morgan fingerprint density at radius 1 is 0.578 bits per heavy atom. The SMILES string of the molecule is CCC1Cc2ccc(-c3ccc(-c4ccc(-c5cc(F)c(C(F)(F)Oc6cc(F)c(F)c(F)c6)c(F)c5)c(F)c4)cc3)cc2C1. The largest absolute Gasteiger partial charge is 0.432 e. The van der Waals surface area contributed by atoms with Crippen molar-refractivity contribution in [2.24, 2.45) is 5.92 Å². The summed E-state index contributed by atoms with van der Waals surface area (Å²) in [6.45, 7) is 2.20. The Kier molecular flexibility index (Phi) is 7.89. The third kappa shape index (κ3) is 5.91. The summed E-state index contributed by atoms with van der Waals surface area (Å²) in [5.41, 5.74) is 3.50. The average molecular weight is 625 g/mol. The Hall–Kier alpha value is -4.66. The summed E-state index contributed by atoms with van der Waals surface area (Å²) in [7, 11) is 0. The number of ether oxygens (including phenoxy) is 1. The zero-order valence-corrected chi connectivity index (χ0v) is 23.7. The highest BCUT2D eigenvalue weighted by Crippen LogP contribution is 2.39. The van der Waals surface area contributed by atoms with Crippen molar-refractivity contribution >= 4 is 0 Å². The minimum atomic E-state index is -4.75. The van der Waals surface area contributed by atoms with Crippen LogP contribution in [0.25, 0.3) is 33.4 Å². The van der Waals surface area contributed by atoms with Crippen LogP contribution in [0.4, 0.5) is 35.1 Å². The van der Waals surface area contributed by atoms with E-state index in [1.54, 1.807) is 0 Å². The molecule has 1 aliphatic rings. The van der Waals surface area contributed by atoms with Crippen molar-refractivity contribution in [1.82, 2.24) is 0 Å². The van der Waals surface area contributed by atoms with Crippen molar-refractivity contribution in [3.05, 3.63) is 137 Å². The number of rotatable bonds is 7. The molecular formula is C36H24F8O. The van der Waals surface area contributed by atoms with E-state index in [1.165, 1.54) is 29.3 Å². The van der Waals surface area contributed by atoms with E-state index in [-0.39, 0.29) is 23.3 Å². The minimum absolute atomic E-state index is 0.107. The van der Waals surface area contributed by atoms with E-state index in [1.807, 2.05) is 24.3 Å². The Balaban J connectivity index is 1.23. The average Bonchev–Trinajstić information content (AvgIpc) is 3.42. The fraction of sp³-hybridized carbons (Fsp3) is 0.167. The van der Waals surface area contributed by atoms with Gasteiger partial charge in [0.05, 0.1) is 0 Å². The molecule has 1 unspecified atom stereocenters. The van der Waals surface area contributed by atoms with Crippen molar-refractivity contribution in [2.45, 2.75) is 32.3 Å². The first-order valence-corrected chi connectivity index (χ1v) is 14.2. The molecule has 5 aromatic rings. The zero-order valence-electron chi connectivity index (χ0n) is 23.7. The molecule has 0 saturated heterocycles. The summed E-state index contributed by atoms with van der Waals surface area (Å²) < 4.78 is 118. The molecule has 0 bridgehead atoms. The van der Waals surface area contributed by atoms with Crippen LogP contribution in [0, 0.1) is 40.8 Å². The first-order chi connectivity index (χ1) is 21.4. The van der Waals surface area contributed by atoms with Crippen LogP contribution in [0.1, 0.15) is 30.0 Å².